The predicted molar refractivity (Wildman–Crippen MR) is 73.7 cm³/mol. The molecule has 2 rings (SSSR count). The molecular formula is C14H23N3O. The summed E-state index contributed by atoms with van der Waals surface area (Å²) in [5, 5.41) is 0. The van der Waals surface area contributed by atoms with Crippen LogP contribution in [-0.4, -0.2) is 30.8 Å². The van der Waals surface area contributed by atoms with Gasteiger partial charge in [0.1, 0.15) is 0 Å². The highest BCUT2D eigenvalue weighted by Crippen LogP contribution is 2.21. The summed E-state index contributed by atoms with van der Waals surface area (Å²) in [6.07, 6.45) is 4.62. The fourth-order valence-electron chi connectivity index (χ4n) is 2.40. The number of hydrogen-bond acceptors (Lipinski definition) is 4. The van der Waals surface area contributed by atoms with Crippen molar-refractivity contribution in [1.82, 2.24) is 4.98 Å². The molecule has 2 N–H and O–H groups in total. The fourth-order valence-corrected chi connectivity index (χ4v) is 2.40. The molecule has 0 aliphatic carbocycles. The van der Waals surface area contributed by atoms with E-state index in [1.54, 1.807) is 0 Å². The molecule has 2 atom stereocenters. The highest BCUT2D eigenvalue weighted by Gasteiger charge is 2.20. The van der Waals surface area contributed by atoms with Crippen LogP contribution in [-0.2, 0) is 4.74 Å². The van der Waals surface area contributed by atoms with Gasteiger partial charge in [-0.2, -0.15) is 0 Å². The van der Waals surface area contributed by atoms with Gasteiger partial charge >= 0.3 is 0 Å². The quantitative estimate of drug-likeness (QED) is 0.888. The standard InChI is InChI=1S/C14H23N3O/c1-3-18-13-5-4-8-17(10-13)12-6-7-14(11(2)15)16-9-12/h6-7,9,11,13H,3-5,8,10,15H2,1-2H3/t11-,13?/m0/s1. The van der Waals surface area contributed by atoms with Crippen LogP contribution in [0.1, 0.15) is 38.4 Å². The third-order valence-corrected chi connectivity index (χ3v) is 3.38. The van der Waals surface area contributed by atoms with Gasteiger partial charge in [0.05, 0.1) is 23.7 Å². The second-order valence-electron chi connectivity index (χ2n) is 4.90. The maximum Gasteiger partial charge on any atom is 0.0750 e. The van der Waals surface area contributed by atoms with Crippen molar-refractivity contribution in [1.29, 1.82) is 0 Å². The summed E-state index contributed by atoms with van der Waals surface area (Å²) < 4.78 is 5.71. The maximum absolute atomic E-state index is 5.81. The molecule has 18 heavy (non-hydrogen) atoms. The lowest BCUT2D eigenvalue weighted by atomic mass is 10.1. The van der Waals surface area contributed by atoms with Gasteiger partial charge in [-0.1, -0.05) is 0 Å². The molecule has 0 saturated carbocycles. The number of nitrogens with two attached hydrogens (primary N) is 1. The first-order valence-electron chi connectivity index (χ1n) is 6.78. The predicted octanol–water partition coefficient (Wildman–Crippen LogP) is 2.11. The van der Waals surface area contributed by atoms with Crippen molar-refractivity contribution < 1.29 is 4.74 Å². The first-order valence-corrected chi connectivity index (χ1v) is 6.78. The molecule has 1 unspecified atom stereocenters. The lowest BCUT2D eigenvalue weighted by Gasteiger charge is -2.34. The molecule has 1 aromatic heterocycles. The van der Waals surface area contributed by atoms with Gasteiger partial charge in [-0.15, -0.1) is 0 Å². The molecular weight excluding hydrogens is 226 g/mol. The topological polar surface area (TPSA) is 51.4 Å². The van der Waals surface area contributed by atoms with Crippen LogP contribution in [0.25, 0.3) is 0 Å². The zero-order chi connectivity index (χ0) is 13.0. The number of ether oxygens (including phenoxy) is 1. The Hall–Kier alpha value is -1.13. The molecule has 0 aromatic carbocycles. The molecule has 4 nitrogen and oxygen atoms in total. The summed E-state index contributed by atoms with van der Waals surface area (Å²) in [5.41, 5.74) is 7.92. The average Bonchev–Trinajstić information content (AvgIpc) is 2.39. The largest absolute Gasteiger partial charge is 0.377 e. The molecule has 1 aliphatic rings. The minimum Gasteiger partial charge on any atom is -0.377 e. The summed E-state index contributed by atoms with van der Waals surface area (Å²) in [4.78, 5) is 6.77. The molecule has 0 amide bonds. The second kappa shape index (κ2) is 6.16. The van der Waals surface area contributed by atoms with Crippen molar-refractivity contribution in [2.45, 2.75) is 38.8 Å². The molecule has 0 radical (unpaired) electrons. The van der Waals surface area contributed by atoms with Crippen molar-refractivity contribution in [3.63, 3.8) is 0 Å². The number of rotatable bonds is 4. The Morgan fingerprint density at radius 1 is 1.56 bits per heavy atom. The number of nitrogens with zero attached hydrogens (tertiary/aromatic N) is 2. The van der Waals surface area contributed by atoms with Crippen molar-refractivity contribution in [2.24, 2.45) is 5.73 Å². The highest BCUT2D eigenvalue weighted by atomic mass is 16.5. The van der Waals surface area contributed by atoms with E-state index in [4.69, 9.17) is 10.5 Å². The van der Waals surface area contributed by atoms with E-state index in [-0.39, 0.29) is 6.04 Å². The number of piperidine rings is 1. The van der Waals surface area contributed by atoms with E-state index >= 15 is 0 Å². The van der Waals surface area contributed by atoms with E-state index in [0.717, 1.165) is 31.8 Å². The molecule has 4 heteroatoms. The average molecular weight is 249 g/mol. The van der Waals surface area contributed by atoms with Crippen LogP contribution >= 0.6 is 0 Å². The van der Waals surface area contributed by atoms with Gasteiger partial charge in [-0.3, -0.25) is 4.98 Å². The summed E-state index contributed by atoms with van der Waals surface area (Å²) >= 11 is 0. The van der Waals surface area contributed by atoms with Crippen molar-refractivity contribution in [3.8, 4) is 0 Å². The van der Waals surface area contributed by atoms with E-state index in [1.807, 2.05) is 19.2 Å². The van der Waals surface area contributed by atoms with Gasteiger partial charge < -0.3 is 15.4 Å². The number of hydrogen-bond donors (Lipinski definition) is 1. The zero-order valence-corrected chi connectivity index (χ0v) is 11.3. The lowest BCUT2D eigenvalue weighted by Crippen LogP contribution is -2.39. The summed E-state index contributed by atoms with van der Waals surface area (Å²) in [7, 11) is 0. The van der Waals surface area contributed by atoms with Gasteiger partial charge in [-0.05, 0) is 38.8 Å². The van der Waals surface area contributed by atoms with Gasteiger partial charge in [0.25, 0.3) is 0 Å². The molecule has 100 valence electrons. The Kier molecular flexibility index (Phi) is 4.55. The van der Waals surface area contributed by atoms with Crippen molar-refractivity contribution >= 4 is 5.69 Å². The summed E-state index contributed by atoms with van der Waals surface area (Å²) in [6, 6.07) is 4.13. The smallest absolute Gasteiger partial charge is 0.0750 e. The second-order valence-corrected chi connectivity index (χ2v) is 4.90. The Morgan fingerprint density at radius 3 is 3.00 bits per heavy atom. The van der Waals surface area contributed by atoms with Crippen LogP contribution < -0.4 is 10.6 Å². The normalized spacial score (nSPS) is 21.9. The van der Waals surface area contributed by atoms with Crippen LogP contribution in [0, 0.1) is 0 Å². The number of pyridine rings is 1. The van der Waals surface area contributed by atoms with E-state index in [9.17, 15) is 0 Å². The van der Waals surface area contributed by atoms with Crippen LogP contribution in [0.3, 0.4) is 0 Å². The minimum absolute atomic E-state index is 0.00317. The lowest BCUT2D eigenvalue weighted by molar-refractivity contribution is 0.0526. The van der Waals surface area contributed by atoms with Crippen LogP contribution in [0.15, 0.2) is 18.3 Å². The van der Waals surface area contributed by atoms with Crippen molar-refractivity contribution in [2.75, 3.05) is 24.6 Å². The van der Waals surface area contributed by atoms with E-state index < -0.39 is 0 Å². The van der Waals surface area contributed by atoms with Crippen LogP contribution in [0.4, 0.5) is 5.69 Å². The molecule has 1 aromatic rings. The number of aromatic nitrogens is 1. The molecule has 0 bridgehead atoms. The number of anilines is 1. The molecule has 1 saturated heterocycles. The van der Waals surface area contributed by atoms with E-state index in [2.05, 4.69) is 22.9 Å². The molecule has 1 aliphatic heterocycles. The monoisotopic (exact) mass is 249 g/mol. The molecule has 0 spiro atoms. The maximum atomic E-state index is 5.81. The van der Waals surface area contributed by atoms with Crippen molar-refractivity contribution in [3.05, 3.63) is 24.0 Å². The van der Waals surface area contributed by atoms with Gasteiger partial charge in [0.2, 0.25) is 0 Å². The third-order valence-electron chi connectivity index (χ3n) is 3.38. The summed E-state index contributed by atoms with van der Waals surface area (Å²) in [6.45, 7) is 6.85. The van der Waals surface area contributed by atoms with E-state index in [1.165, 1.54) is 12.1 Å². The Bertz CT molecular complexity index is 362. The van der Waals surface area contributed by atoms with E-state index in [0.29, 0.717) is 6.10 Å². The minimum atomic E-state index is -0.00317. The van der Waals surface area contributed by atoms with Crippen LogP contribution in [0.5, 0.6) is 0 Å². The summed E-state index contributed by atoms with van der Waals surface area (Å²) in [5.74, 6) is 0. The Balaban J connectivity index is 2.02. The Morgan fingerprint density at radius 2 is 2.39 bits per heavy atom. The fraction of sp³-hybridized carbons (Fsp3) is 0.643. The first kappa shape index (κ1) is 13.3. The zero-order valence-electron chi connectivity index (χ0n) is 11.3. The van der Waals surface area contributed by atoms with Gasteiger partial charge in [-0.25, -0.2) is 0 Å². The Labute approximate surface area is 109 Å². The highest BCUT2D eigenvalue weighted by molar-refractivity contribution is 5.45. The first-order chi connectivity index (χ1) is 8.70. The SMILES string of the molecule is CCOC1CCCN(c2ccc([C@H](C)N)nc2)C1. The van der Waals surface area contributed by atoms with Gasteiger partial charge in [0.15, 0.2) is 0 Å². The third kappa shape index (κ3) is 3.21. The van der Waals surface area contributed by atoms with Gasteiger partial charge in [0, 0.05) is 25.7 Å². The molecule has 1 fully saturated rings. The molecule has 2 heterocycles. The van der Waals surface area contributed by atoms with Crippen LogP contribution in [0.2, 0.25) is 0 Å².